The zero-order valence-electron chi connectivity index (χ0n) is 25.8. The minimum Gasteiger partial charge on any atom is -0.490 e. The molecule has 0 aliphatic carbocycles. The lowest BCUT2D eigenvalue weighted by atomic mass is 9.87. The van der Waals surface area contributed by atoms with Crippen LogP contribution in [0.2, 0.25) is 0 Å². The number of aliphatic hydroxyl groups is 1. The van der Waals surface area contributed by atoms with Gasteiger partial charge in [0, 0.05) is 28.9 Å². The average molecular weight is 564 g/mol. The molecule has 5 nitrogen and oxygen atoms in total. The van der Waals surface area contributed by atoms with Crippen molar-refractivity contribution in [1.29, 1.82) is 0 Å². The van der Waals surface area contributed by atoms with E-state index >= 15 is 0 Å². The molecule has 0 radical (unpaired) electrons. The maximum atomic E-state index is 10.9. The predicted molar refractivity (Wildman–Crippen MR) is 175 cm³/mol. The zero-order chi connectivity index (χ0) is 28.5. The van der Waals surface area contributed by atoms with Gasteiger partial charge in [-0.05, 0) is 56.5 Å². The SMILES string of the molecule is CCCCCCCCCCCCCCCC(NC[C@H](O)COc1cccc2[nH]c3ccccc3c12)C1CCNCC1. The van der Waals surface area contributed by atoms with Crippen LogP contribution in [-0.4, -0.2) is 48.5 Å². The molecule has 1 saturated heterocycles. The maximum absolute atomic E-state index is 10.9. The summed E-state index contributed by atoms with van der Waals surface area (Å²) in [7, 11) is 0. The number of H-pyrrole nitrogens is 1. The van der Waals surface area contributed by atoms with E-state index in [-0.39, 0.29) is 0 Å². The highest BCUT2D eigenvalue weighted by Gasteiger charge is 2.23. The highest BCUT2D eigenvalue weighted by molar-refractivity contribution is 6.10. The van der Waals surface area contributed by atoms with E-state index in [2.05, 4.69) is 46.8 Å². The van der Waals surface area contributed by atoms with Crippen LogP contribution in [0.4, 0.5) is 0 Å². The molecule has 228 valence electrons. The lowest BCUT2D eigenvalue weighted by molar-refractivity contribution is 0.0991. The number of benzene rings is 2. The highest BCUT2D eigenvalue weighted by atomic mass is 16.5. The lowest BCUT2D eigenvalue weighted by Gasteiger charge is -2.32. The third-order valence-electron chi connectivity index (χ3n) is 9.11. The standard InChI is InChI=1S/C36H57N3O2/c1-2-3-4-5-6-7-8-9-10-11-12-13-14-19-32(29-23-25-37-26-24-29)38-27-30(40)28-41-35-22-17-21-34-36(35)31-18-15-16-20-33(31)39-34/h15-18,20-22,29-30,32,37-40H,2-14,19,23-28H2,1H3/t30-,32?/m0/s1. The predicted octanol–water partition coefficient (Wildman–Crippen LogP) is 8.50. The second-order valence-corrected chi connectivity index (χ2v) is 12.4. The molecule has 2 heterocycles. The quantitative estimate of drug-likeness (QED) is 0.0981. The molecule has 0 bridgehead atoms. The summed E-state index contributed by atoms with van der Waals surface area (Å²) in [6.07, 6.45) is 21.2. The van der Waals surface area contributed by atoms with E-state index < -0.39 is 6.10 Å². The van der Waals surface area contributed by atoms with Gasteiger partial charge < -0.3 is 25.5 Å². The first-order valence-corrected chi connectivity index (χ1v) is 17.0. The maximum Gasteiger partial charge on any atom is 0.129 e. The van der Waals surface area contributed by atoms with Gasteiger partial charge in [0.2, 0.25) is 0 Å². The molecule has 5 heteroatoms. The molecule has 1 aliphatic rings. The van der Waals surface area contributed by atoms with Gasteiger partial charge in [-0.15, -0.1) is 0 Å². The number of aliphatic hydroxyl groups excluding tert-OH is 1. The number of ether oxygens (including phenoxy) is 1. The minimum atomic E-state index is -0.536. The Morgan fingerprint density at radius 1 is 0.805 bits per heavy atom. The second kappa shape index (κ2) is 18.5. The number of hydrogen-bond donors (Lipinski definition) is 4. The van der Waals surface area contributed by atoms with Crippen molar-refractivity contribution in [2.24, 2.45) is 5.92 Å². The number of para-hydroxylation sites is 1. The Hall–Kier alpha value is -2.08. The van der Waals surface area contributed by atoms with Gasteiger partial charge >= 0.3 is 0 Å². The molecule has 0 saturated carbocycles. The third-order valence-corrected chi connectivity index (χ3v) is 9.11. The van der Waals surface area contributed by atoms with Crippen LogP contribution in [0.1, 0.15) is 110 Å². The van der Waals surface area contributed by atoms with Gasteiger partial charge in [-0.2, -0.15) is 0 Å². The number of rotatable bonds is 21. The largest absolute Gasteiger partial charge is 0.490 e. The van der Waals surface area contributed by atoms with Gasteiger partial charge in [0.1, 0.15) is 18.5 Å². The lowest BCUT2D eigenvalue weighted by Crippen LogP contribution is -2.45. The van der Waals surface area contributed by atoms with Crippen LogP contribution < -0.4 is 15.4 Å². The molecule has 1 aromatic heterocycles. The Balaban J connectivity index is 1.14. The Kier molecular flexibility index (Phi) is 14.3. The number of fused-ring (bicyclic) bond motifs is 3. The number of unbranched alkanes of at least 4 members (excludes halogenated alkanes) is 12. The normalized spacial score (nSPS) is 16.0. The van der Waals surface area contributed by atoms with Crippen molar-refractivity contribution in [3.63, 3.8) is 0 Å². The molecule has 1 fully saturated rings. The number of aromatic amines is 1. The van der Waals surface area contributed by atoms with Gasteiger partial charge in [-0.3, -0.25) is 0 Å². The fraction of sp³-hybridized carbons (Fsp3) is 0.667. The molecule has 0 spiro atoms. The fourth-order valence-electron chi connectivity index (χ4n) is 6.65. The molecule has 41 heavy (non-hydrogen) atoms. The van der Waals surface area contributed by atoms with Crippen LogP contribution in [0.3, 0.4) is 0 Å². The molecule has 0 amide bonds. The molecule has 1 unspecified atom stereocenters. The molecular formula is C36H57N3O2. The van der Waals surface area contributed by atoms with Gasteiger partial charge in [0.25, 0.3) is 0 Å². The van der Waals surface area contributed by atoms with Gasteiger partial charge in [-0.1, -0.05) is 115 Å². The number of hydrogen-bond acceptors (Lipinski definition) is 4. The number of aromatic nitrogens is 1. The molecule has 3 aromatic rings. The fourth-order valence-corrected chi connectivity index (χ4v) is 6.65. The molecular weight excluding hydrogens is 506 g/mol. The van der Waals surface area contributed by atoms with E-state index in [1.165, 1.54) is 103 Å². The zero-order valence-corrected chi connectivity index (χ0v) is 25.8. The molecule has 4 N–H and O–H groups in total. The summed E-state index contributed by atoms with van der Waals surface area (Å²) in [6, 6.07) is 14.9. The van der Waals surface area contributed by atoms with Crippen LogP contribution in [0.5, 0.6) is 5.75 Å². The Bertz CT molecular complexity index is 1110. The summed E-state index contributed by atoms with van der Waals surface area (Å²) in [5.74, 6) is 1.53. The summed E-state index contributed by atoms with van der Waals surface area (Å²) < 4.78 is 6.19. The molecule has 2 aromatic carbocycles. The smallest absolute Gasteiger partial charge is 0.129 e. The van der Waals surface area contributed by atoms with Crippen molar-refractivity contribution < 1.29 is 9.84 Å². The second-order valence-electron chi connectivity index (χ2n) is 12.4. The van der Waals surface area contributed by atoms with Crippen LogP contribution in [0, 0.1) is 5.92 Å². The van der Waals surface area contributed by atoms with E-state index in [0.717, 1.165) is 40.6 Å². The monoisotopic (exact) mass is 563 g/mol. The third kappa shape index (κ3) is 10.6. The Morgan fingerprint density at radius 3 is 2.15 bits per heavy atom. The highest BCUT2D eigenvalue weighted by Crippen LogP contribution is 2.33. The number of piperidine rings is 1. The van der Waals surface area contributed by atoms with Crippen molar-refractivity contribution in [3.05, 3.63) is 42.5 Å². The van der Waals surface area contributed by atoms with Crippen molar-refractivity contribution in [2.75, 3.05) is 26.2 Å². The minimum absolute atomic E-state index is 0.295. The average Bonchev–Trinajstić information content (AvgIpc) is 3.39. The summed E-state index contributed by atoms with van der Waals surface area (Å²) in [4.78, 5) is 3.47. The van der Waals surface area contributed by atoms with Crippen molar-refractivity contribution in [2.45, 2.75) is 122 Å². The van der Waals surface area contributed by atoms with Gasteiger partial charge in [0.05, 0.1) is 5.52 Å². The van der Waals surface area contributed by atoms with Crippen LogP contribution >= 0.6 is 0 Å². The van der Waals surface area contributed by atoms with Crippen LogP contribution in [0.25, 0.3) is 21.8 Å². The summed E-state index contributed by atoms with van der Waals surface area (Å²) >= 11 is 0. The van der Waals surface area contributed by atoms with Crippen molar-refractivity contribution >= 4 is 21.8 Å². The van der Waals surface area contributed by atoms with Crippen molar-refractivity contribution in [1.82, 2.24) is 15.6 Å². The van der Waals surface area contributed by atoms with E-state index in [1.54, 1.807) is 0 Å². The van der Waals surface area contributed by atoms with Crippen molar-refractivity contribution in [3.8, 4) is 5.75 Å². The van der Waals surface area contributed by atoms with E-state index in [0.29, 0.717) is 25.1 Å². The summed E-state index contributed by atoms with van der Waals surface area (Å²) in [6.45, 7) is 5.39. The summed E-state index contributed by atoms with van der Waals surface area (Å²) in [5.41, 5.74) is 2.18. The first-order valence-electron chi connectivity index (χ1n) is 17.0. The number of nitrogens with one attached hydrogen (secondary N) is 3. The topological polar surface area (TPSA) is 69.3 Å². The molecule has 4 rings (SSSR count). The molecule has 1 aliphatic heterocycles. The Morgan fingerprint density at radius 2 is 1.44 bits per heavy atom. The van der Waals surface area contributed by atoms with Crippen LogP contribution in [-0.2, 0) is 0 Å². The van der Waals surface area contributed by atoms with Gasteiger partial charge in [0.15, 0.2) is 0 Å². The first-order chi connectivity index (χ1) is 20.3. The summed E-state index contributed by atoms with van der Waals surface area (Å²) in [5, 5.41) is 20.4. The van der Waals surface area contributed by atoms with Gasteiger partial charge in [-0.25, -0.2) is 0 Å². The Labute approximate surface area is 249 Å². The first kappa shape index (κ1) is 31.8. The van der Waals surface area contributed by atoms with E-state index in [9.17, 15) is 5.11 Å². The van der Waals surface area contributed by atoms with Crippen LogP contribution in [0.15, 0.2) is 42.5 Å². The molecule has 2 atom stereocenters. The van der Waals surface area contributed by atoms with E-state index in [1.807, 2.05) is 18.2 Å². The van der Waals surface area contributed by atoms with E-state index in [4.69, 9.17) is 4.74 Å².